The number of nitrogens with one attached hydrogen (secondary N) is 1. The van der Waals surface area contributed by atoms with E-state index in [0.29, 0.717) is 24.3 Å². The standard InChI is InChI=1S/C19H23N3O4/c20-14-3-1-2-4-16(14)26-12-5-6-13-11(9-12)10-22(19(13)25)15-7-8-17(23)21-18(15)24/h5-6,9,14-16H,1-4,7-8,10,20H2,(H,21,23,24)/t14-,15?,16+/m1/s1. The number of imide groups is 1. The van der Waals surface area contributed by atoms with E-state index in [0.717, 1.165) is 31.2 Å². The highest BCUT2D eigenvalue weighted by Gasteiger charge is 2.39. The molecule has 1 aromatic rings. The number of ether oxygens (including phenoxy) is 1. The third kappa shape index (κ3) is 3.07. The fraction of sp³-hybridized carbons (Fsp3) is 0.526. The maximum atomic E-state index is 12.7. The summed E-state index contributed by atoms with van der Waals surface area (Å²) in [5.41, 5.74) is 7.59. The summed E-state index contributed by atoms with van der Waals surface area (Å²) in [6.45, 7) is 0.356. The lowest BCUT2D eigenvalue weighted by molar-refractivity contribution is -0.136. The van der Waals surface area contributed by atoms with Crippen LogP contribution in [0.3, 0.4) is 0 Å². The van der Waals surface area contributed by atoms with Crippen LogP contribution in [-0.4, -0.2) is 40.8 Å². The normalized spacial score (nSPS) is 28.7. The Labute approximate surface area is 151 Å². The summed E-state index contributed by atoms with van der Waals surface area (Å²) in [5, 5.41) is 2.31. The second-order valence-electron chi connectivity index (χ2n) is 7.32. The van der Waals surface area contributed by atoms with Crippen LogP contribution in [0.15, 0.2) is 18.2 Å². The lowest BCUT2D eigenvalue weighted by atomic mass is 9.93. The molecule has 3 amide bonds. The van der Waals surface area contributed by atoms with Crippen molar-refractivity contribution >= 4 is 17.7 Å². The molecule has 1 saturated carbocycles. The number of amides is 3. The molecule has 1 aliphatic carbocycles. The summed E-state index contributed by atoms with van der Waals surface area (Å²) in [6.07, 6.45) is 4.79. The van der Waals surface area contributed by atoms with Gasteiger partial charge in [-0.25, -0.2) is 0 Å². The Morgan fingerprint density at radius 3 is 2.69 bits per heavy atom. The second kappa shape index (κ2) is 6.72. The van der Waals surface area contributed by atoms with E-state index in [4.69, 9.17) is 10.5 Å². The number of carbonyl (C=O) groups is 3. The number of nitrogens with two attached hydrogens (primary N) is 1. The Balaban J connectivity index is 1.49. The SMILES string of the molecule is N[C@@H]1CCCC[C@@H]1Oc1ccc2c(c1)CN(C1CCC(=O)NC1=O)C2=O. The summed E-state index contributed by atoms with van der Waals surface area (Å²) in [6, 6.07) is 4.88. The van der Waals surface area contributed by atoms with Crippen molar-refractivity contribution in [2.24, 2.45) is 5.73 Å². The minimum absolute atomic E-state index is 0.00476. The van der Waals surface area contributed by atoms with E-state index in [9.17, 15) is 14.4 Å². The van der Waals surface area contributed by atoms with Crippen LogP contribution in [0.1, 0.15) is 54.4 Å². The molecule has 138 valence electrons. The lowest BCUT2D eigenvalue weighted by Crippen LogP contribution is -2.52. The van der Waals surface area contributed by atoms with Crippen LogP contribution < -0.4 is 15.8 Å². The number of fused-ring (bicyclic) bond motifs is 1. The van der Waals surface area contributed by atoms with Crippen LogP contribution >= 0.6 is 0 Å². The molecule has 26 heavy (non-hydrogen) atoms. The molecule has 2 aliphatic heterocycles. The van der Waals surface area contributed by atoms with Gasteiger partial charge in [0.1, 0.15) is 17.9 Å². The summed E-state index contributed by atoms with van der Waals surface area (Å²) in [7, 11) is 0. The van der Waals surface area contributed by atoms with Gasteiger partial charge in [-0.1, -0.05) is 6.42 Å². The van der Waals surface area contributed by atoms with Crippen LogP contribution in [-0.2, 0) is 16.1 Å². The van der Waals surface area contributed by atoms with Crippen LogP contribution in [0.4, 0.5) is 0 Å². The Morgan fingerprint density at radius 2 is 1.92 bits per heavy atom. The number of hydrogen-bond acceptors (Lipinski definition) is 5. The molecular weight excluding hydrogens is 334 g/mol. The van der Waals surface area contributed by atoms with Crippen molar-refractivity contribution in [2.75, 3.05) is 0 Å². The van der Waals surface area contributed by atoms with Gasteiger partial charge in [-0.3, -0.25) is 19.7 Å². The number of rotatable bonds is 3. The summed E-state index contributed by atoms with van der Waals surface area (Å²) in [5.74, 6) is -0.138. The lowest BCUT2D eigenvalue weighted by Gasteiger charge is -2.29. The second-order valence-corrected chi connectivity index (χ2v) is 7.32. The topological polar surface area (TPSA) is 102 Å². The minimum atomic E-state index is -0.594. The van der Waals surface area contributed by atoms with E-state index >= 15 is 0 Å². The Bertz CT molecular complexity index is 763. The van der Waals surface area contributed by atoms with Gasteiger partial charge in [0.25, 0.3) is 5.91 Å². The highest BCUT2D eigenvalue weighted by atomic mass is 16.5. The van der Waals surface area contributed by atoms with Crippen LogP contribution in [0.2, 0.25) is 0 Å². The first-order valence-electron chi connectivity index (χ1n) is 9.23. The molecule has 3 atom stereocenters. The molecule has 3 N–H and O–H groups in total. The maximum Gasteiger partial charge on any atom is 0.255 e. The van der Waals surface area contributed by atoms with Crippen LogP contribution in [0, 0.1) is 0 Å². The molecule has 2 fully saturated rings. The fourth-order valence-electron chi connectivity index (χ4n) is 4.07. The predicted molar refractivity (Wildman–Crippen MR) is 93.3 cm³/mol. The van der Waals surface area contributed by atoms with Crippen molar-refractivity contribution < 1.29 is 19.1 Å². The van der Waals surface area contributed by atoms with Gasteiger partial charge in [0.2, 0.25) is 11.8 Å². The van der Waals surface area contributed by atoms with E-state index in [1.807, 2.05) is 6.07 Å². The molecule has 0 radical (unpaired) electrons. The zero-order valence-electron chi connectivity index (χ0n) is 14.6. The molecule has 2 heterocycles. The Kier molecular flexibility index (Phi) is 4.40. The van der Waals surface area contributed by atoms with Crippen LogP contribution in [0.5, 0.6) is 5.75 Å². The van der Waals surface area contributed by atoms with Gasteiger partial charge in [-0.15, -0.1) is 0 Å². The third-order valence-electron chi connectivity index (χ3n) is 5.54. The molecule has 4 rings (SSSR count). The van der Waals surface area contributed by atoms with Gasteiger partial charge in [0.05, 0.1) is 0 Å². The van der Waals surface area contributed by atoms with Gasteiger partial charge in [0, 0.05) is 24.6 Å². The van der Waals surface area contributed by atoms with Crippen molar-refractivity contribution in [1.29, 1.82) is 0 Å². The van der Waals surface area contributed by atoms with Crippen molar-refractivity contribution in [3.63, 3.8) is 0 Å². The number of piperidine rings is 1. The number of hydrogen-bond donors (Lipinski definition) is 2. The van der Waals surface area contributed by atoms with E-state index in [1.54, 1.807) is 17.0 Å². The van der Waals surface area contributed by atoms with E-state index < -0.39 is 11.9 Å². The van der Waals surface area contributed by atoms with E-state index in [2.05, 4.69) is 5.32 Å². The number of benzene rings is 1. The quantitative estimate of drug-likeness (QED) is 0.789. The highest BCUT2D eigenvalue weighted by Crippen LogP contribution is 2.31. The summed E-state index contributed by atoms with van der Waals surface area (Å²) >= 11 is 0. The van der Waals surface area contributed by atoms with Gasteiger partial charge < -0.3 is 15.4 Å². The first-order valence-corrected chi connectivity index (χ1v) is 9.23. The number of nitrogens with zero attached hydrogens (tertiary/aromatic N) is 1. The first-order chi connectivity index (χ1) is 12.5. The molecule has 7 nitrogen and oxygen atoms in total. The summed E-state index contributed by atoms with van der Waals surface area (Å²) in [4.78, 5) is 37.6. The van der Waals surface area contributed by atoms with Crippen molar-refractivity contribution in [3.8, 4) is 5.75 Å². The smallest absolute Gasteiger partial charge is 0.255 e. The molecule has 1 unspecified atom stereocenters. The zero-order valence-corrected chi connectivity index (χ0v) is 14.6. The average Bonchev–Trinajstić information content (AvgIpc) is 2.93. The van der Waals surface area contributed by atoms with Crippen molar-refractivity contribution in [1.82, 2.24) is 10.2 Å². The van der Waals surface area contributed by atoms with Gasteiger partial charge in [-0.05, 0) is 49.4 Å². The van der Waals surface area contributed by atoms with Crippen LogP contribution in [0.25, 0.3) is 0 Å². The Hall–Kier alpha value is -2.41. The maximum absolute atomic E-state index is 12.7. The average molecular weight is 357 g/mol. The monoisotopic (exact) mass is 357 g/mol. The molecule has 1 aromatic carbocycles. The van der Waals surface area contributed by atoms with Gasteiger partial charge >= 0.3 is 0 Å². The summed E-state index contributed by atoms with van der Waals surface area (Å²) < 4.78 is 6.07. The first kappa shape index (κ1) is 17.0. The molecule has 3 aliphatic rings. The highest BCUT2D eigenvalue weighted by molar-refractivity contribution is 6.05. The molecular formula is C19H23N3O4. The van der Waals surface area contributed by atoms with Gasteiger partial charge in [0.15, 0.2) is 0 Å². The third-order valence-corrected chi connectivity index (χ3v) is 5.54. The molecule has 0 spiro atoms. The Morgan fingerprint density at radius 1 is 1.12 bits per heavy atom. The molecule has 7 heteroatoms. The molecule has 0 aromatic heterocycles. The zero-order chi connectivity index (χ0) is 18.3. The van der Waals surface area contributed by atoms with E-state index in [1.165, 1.54) is 0 Å². The fourth-order valence-corrected chi connectivity index (χ4v) is 4.07. The van der Waals surface area contributed by atoms with E-state index in [-0.39, 0.29) is 30.4 Å². The molecule has 1 saturated heterocycles. The van der Waals surface area contributed by atoms with Gasteiger partial charge in [-0.2, -0.15) is 0 Å². The number of carbonyl (C=O) groups excluding carboxylic acids is 3. The minimum Gasteiger partial charge on any atom is -0.489 e. The van der Waals surface area contributed by atoms with Crippen molar-refractivity contribution in [3.05, 3.63) is 29.3 Å². The molecule has 0 bridgehead atoms. The van der Waals surface area contributed by atoms with Crippen molar-refractivity contribution in [2.45, 2.75) is 63.3 Å². The predicted octanol–water partition coefficient (Wildman–Crippen LogP) is 1.10. The largest absolute Gasteiger partial charge is 0.489 e.